The van der Waals surface area contributed by atoms with E-state index in [0.29, 0.717) is 11.9 Å². The maximum absolute atomic E-state index is 9.82. The van der Waals surface area contributed by atoms with Gasteiger partial charge in [-0.25, -0.2) is 0 Å². The maximum atomic E-state index is 9.82. The minimum Gasteiger partial charge on any atom is -0.396 e. The van der Waals surface area contributed by atoms with Gasteiger partial charge in [-0.2, -0.15) is 0 Å². The van der Waals surface area contributed by atoms with Gasteiger partial charge in [0, 0.05) is 6.21 Å². The van der Waals surface area contributed by atoms with Gasteiger partial charge in [-0.15, -0.1) is 0 Å². The number of rotatable bonds is 2. The van der Waals surface area contributed by atoms with E-state index in [2.05, 4.69) is 0 Å². The zero-order valence-electron chi connectivity index (χ0n) is 4.64. The fourth-order valence-electron chi connectivity index (χ4n) is 0.176. The van der Waals surface area contributed by atoms with Gasteiger partial charge in [-0.05, 0) is 12.5 Å². The second kappa shape index (κ2) is 2.96. The standard InChI is InChI=1S/C5H8N2O/c1-4(2-6)5(7)3-8/h2-3,6H,7H2,1H3. The number of nitrogens with one attached hydrogen (secondary N) is 1. The number of hydrogen-bond donors (Lipinski definition) is 2. The Labute approximate surface area is 47.7 Å². The summed E-state index contributed by atoms with van der Waals surface area (Å²) in [7, 11) is 0. The van der Waals surface area contributed by atoms with Crippen LogP contribution in [0.5, 0.6) is 0 Å². The lowest BCUT2D eigenvalue weighted by Crippen LogP contribution is -2.01. The molecule has 0 bridgehead atoms. The predicted octanol–water partition coefficient (Wildman–Crippen LogP) is 0.0676. The Balaban J connectivity index is 4.25. The molecular weight excluding hydrogens is 104 g/mol. The van der Waals surface area contributed by atoms with E-state index < -0.39 is 0 Å². The summed E-state index contributed by atoms with van der Waals surface area (Å²) in [6, 6.07) is 0. The van der Waals surface area contributed by atoms with E-state index >= 15 is 0 Å². The molecule has 0 aromatic rings. The molecule has 44 valence electrons. The second-order valence-corrected chi connectivity index (χ2v) is 1.40. The predicted molar refractivity (Wildman–Crippen MR) is 31.7 cm³/mol. The molecule has 3 N–H and O–H groups in total. The summed E-state index contributed by atoms with van der Waals surface area (Å²) in [6.45, 7) is 1.61. The van der Waals surface area contributed by atoms with Crippen molar-refractivity contribution >= 4 is 12.5 Å². The van der Waals surface area contributed by atoms with Crippen LogP contribution in [0.25, 0.3) is 0 Å². The Bertz CT molecular complexity index is 121. The van der Waals surface area contributed by atoms with Crippen molar-refractivity contribution in [1.29, 1.82) is 5.41 Å². The Hall–Kier alpha value is -1.12. The largest absolute Gasteiger partial charge is 0.396 e. The molecule has 0 aromatic carbocycles. The Morgan fingerprint density at radius 2 is 2.25 bits per heavy atom. The summed E-state index contributed by atoms with van der Waals surface area (Å²) in [5.74, 6) is 0. The van der Waals surface area contributed by atoms with E-state index in [0.717, 1.165) is 6.21 Å². The van der Waals surface area contributed by atoms with Gasteiger partial charge in [-0.3, -0.25) is 4.79 Å². The molecule has 0 radical (unpaired) electrons. The highest BCUT2D eigenvalue weighted by atomic mass is 16.1. The quantitative estimate of drug-likeness (QED) is 0.301. The molecule has 0 fully saturated rings. The molecule has 0 amide bonds. The van der Waals surface area contributed by atoms with Crippen LogP contribution in [0.15, 0.2) is 11.3 Å². The summed E-state index contributed by atoms with van der Waals surface area (Å²) in [5, 5.41) is 6.62. The van der Waals surface area contributed by atoms with E-state index in [-0.39, 0.29) is 5.70 Å². The van der Waals surface area contributed by atoms with Gasteiger partial charge >= 0.3 is 0 Å². The number of nitrogens with two attached hydrogens (primary N) is 1. The minimum absolute atomic E-state index is 0.125. The fourth-order valence-corrected chi connectivity index (χ4v) is 0.176. The minimum atomic E-state index is 0.125. The van der Waals surface area contributed by atoms with Crippen molar-refractivity contribution in [1.82, 2.24) is 0 Å². The molecule has 0 saturated carbocycles. The van der Waals surface area contributed by atoms with Gasteiger partial charge in [0.15, 0.2) is 6.29 Å². The molecule has 0 unspecified atom stereocenters. The molecular formula is C5H8N2O. The smallest absolute Gasteiger partial charge is 0.166 e. The Kier molecular flexibility index (Phi) is 2.54. The van der Waals surface area contributed by atoms with Crippen LogP contribution in [0.2, 0.25) is 0 Å². The van der Waals surface area contributed by atoms with E-state index in [4.69, 9.17) is 11.1 Å². The Morgan fingerprint density at radius 3 is 2.38 bits per heavy atom. The topological polar surface area (TPSA) is 66.9 Å². The summed E-state index contributed by atoms with van der Waals surface area (Å²) in [6.07, 6.45) is 1.57. The lowest BCUT2D eigenvalue weighted by atomic mass is 10.3. The molecule has 0 saturated heterocycles. The molecule has 0 rings (SSSR count). The average Bonchev–Trinajstić information content (AvgIpc) is 1.84. The van der Waals surface area contributed by atoms with Crippen LogP contribution in [0, 0.1) is 5.41 Å². The first-order valence-corrected chi connectivity index (χ1v) is 2.14. The van der Waals surface area contributed by atoms with Crippen molar-refractivity contribution in [3.8, 4) is 0 Å². The Morgan fingerprint density at radius 1 is 1.75 bits per heavy atom. The zero-order chi connectivity index (χ0) is 6.57. The molecule has 0 atom stereocenters. The third-order valence-electron chi connectivity index (χ3n) is 0.799. The highest BCUT2D eigenvalue weighted by Gasteiger charge is 1.88. The number of aldehydes is 1. The zero-order valence-corrected chi connectivity index (χ0v) is 4.64. The summed E-state index contributed by atoms with van der Waals surface area (Å²) >= 11 is 0. The number of carbonyl (C=O) groups excluding carboxylic acids is 1. The molecule has 0 aliphatic rings. The molecule has 3 heteroatoms. The van der Waals surface area contributed by atoms with Crippen LogP contribution in [-0.4, -0.2) is 12.5 Å². The van der Waals surface area contributed by atoms with Gasteiger partial charge < -0.3 is 11.1 Å². The molecule has 3 nitrogen and oxygen atoms in total. The van der Waals surface area contributed by atoms with E-state index in [1.807, 2.05) is 0 Å². The molecule has 0 heterocycles. The normalized spacial score (nSPS) is 12.1. The third kappa shape index (κ3) is 1.55. The molecule has 0 aliphatic carbocycles. The van der Waals surface area contributed by atoms with Crippen molar-refractivity contribution in [2.75, 3.05) is 0 Å². The summed E-state index contributed by atoms with van der Waals surface area (Å²) < 4.78 is 0. The van der Waals surface area contributed by atoms with Crippen LogP contribution in [-0.2, 0) is 4.79 Å². The number of hydrogen-bond acceptors (Lipinski definition) is 3. The second-order valence-electron chi connectivity index (χ2n) is 1.40. The molecule has 0 aromatic heterocycles. The maximum Gasteiger partial charge on any atom is 0.166 e. The van der Waals surface area contributed by atoms with Crippen LogP contribution >= 0.6 is 0 Å². The monoisotopic (exact) mass is 112 g/mol. The van der Waals surface area contributed by atoms with Crippen LogP contribution in [0.1, 0.15) is 6.92 Å². The van der Waals surface area contributed by atoms with E-state index in [1.54, 1.807) is 6.92 Å². The lowest BCUT2D eigenvalue weighted by molar-refractivity contribution is -0.105. The first-order valence-electron chi connectivity index (χ1n) is 2.14. The highest BCUT2D eigenvalue weighted by Crippen LogP contribution is 1.87. The van der Waals surface area contributed by atoms with Crippen LogP contribution < -0.4 is 5.73 Å². The van der Waals surface area contributed by atoms with Gasteiger partial charge in [0.2, 0.25) is 0 Å². The molecule has 0 spiro atoms. The van der Waals surface area contributed by atoms with E-state index in [1.165, 1.54) is 0 Å². The summed E-state index contributed by atoms with van der Waals surface area (Å²) in [4.78, 5) is 9.82. The number of allylic oxidation sites excluding steroid dienone is 2. The van der Waals surface area contributed by atoms with Gasteiger partial charge in [0.1, 0.15) is 0 Å². The van der Waals surface area contributed by atoms with Gasteiger partial charge in [-0.1, -0.05) is 0 Å². The van der Waals surface area contributed by atoms with Crippen molar-refractivity contribution in [2.45, 2.75) is 6.92 Å². The van der Waals surface area contributed by atoms with Crippen LogP contribution in [0.3, 0.4) is 0 Å². The first-order chi connectivity index (χ1) is 3.72. The van der Waals surface area contributed by atoms with E-state index in [9.17, 15) is 4.79 Å². The van der Waals surface area contributed by atoms with Crippen molar-refractivity contribution in [2.24, 2.45) is 5.73 Å². The SMILES string of the molecule is CC(C=N)=C(N)C=O. The van der Waals surface area contributed by atoms with Gasteiger partial charge in [0.05, 0.1) is 5.70 Å². The molecule has 0 aliphatic heterocycles. The fraction of sp³-hybridized carbons (Fsp3) is 0.200. The first kappa shape index (κ1) is 6.88. The third-order valence-corrected chi connectivity index (χ3v) is 0.799. The average molecular weight is 112 g/mol. The van der Waals surface area contributed by atoms with Crippen molar-refractivity contribution in [3.63, 3.8) is 0 Å². The molecule has 8 heavy (non-hydrogen) atoms. The summed E-state index contributed by atoms with van der Waals surface area (Å²) in [5.41, 5.74) is 5.71. The highest BCUT2D eigenvalue weighted by molar-refractivity contribution is 5.86. The van der Waals surface area contributed by atoms with Crippen molar-refractivity contribution < 1.29 is 4.79 Å². The van der Waals surface area contributed by atoms with Crippen LogP contribution in [0.4, 0.5) is 0 Å². The number of carbonyl (C=O) groups is 1. The lowest BCUT2D eigenvalue weighted by Gasteiger charge is -1.88. The van der Waals surface area contributed by atoms with Gasteiger partial charge in [0.25, 0.3) is 0 Å². The van der Waals surface area contributed by atoms with Crippen molar-refractivity contribution in [3.05, 3.63) is 11.3 Å².